The Bertz CT molecular complexity index is 1470. The molecule has 37 heavy (non-hydrogen) atoms. The van der Waals surface area contributed by atoms with Crippen molar-refractivity contribution in [1.82, 2.24) is 24.9 Å². The molecular weight excluding hydrogens is 483 g/mol. The number of rotatable bonds is 6. The molecule has 1 amide bonds. The summed E-state index contributed by atoms with van der Waals surface area (Å²) in [6.45, 7) is 2.41. The molecule has 0 bridgehead atoms. The van der Waals surface area contributed by atoms with Gasteiger partial charge in [-0.25, -0.2) is 8.78 Å². The maximum atomic E-state index is 14.0. The second-order valence-corrected chi connectivity index (χ2v) is 9.86. The number of aryl methyl sites for hydroxylation is 1. The van der Waals surface area contributed by atoms with Gasteiger partial charge in [0.05, 0.1) is 22.8 Å². The van der Waals surface area contributed by atoms with Crippen molar-refractivity contribution >= 4 is 16.8 Å². The summed E-state index contributed by atoms with van der Waals surface area (Å²) in [7, 11) is 1.88. The second kappa shape index (κ2) is 9.57. The van der Waals surface area contributed by atoms with Gasteiger partial charge in [0.15, 0.2) is 17.4 Å². The molecule has 2 aromatic carbocycles. The molecule has 7 nitrogen and oxygen atoms in total. The molecule has 1 fully saturated rings. The standard InChI is InChI=1S/C27H28F3N5O2/c1-3-27(35-15-18-5-4-17(10-22(18)33-35)19-13-32-34(2)14-19)8-6-16(7-9-27)12-31-26(37)20-11-21(28)25(36)24(30)23(20)29/h4-5,10-11,13-16,36H,3,6-9,12H2,1-2H3,(H,31,37). The van der Waals surface area contributed by atoms with Gasteiger partial charge in [-0.2, -0.15) is 14.6 Å². The highest BCUT2D eigenvalue weighted by molar-refractivity contribution is 5.94. The van der Waals surface area contributed by atoms with Gasteiger partial charge < -0.3 is 10.4 Å². The van der Waals surface area contributed by atoms with E-state index in [-0.39, 0.29) is 18.0 Å². The van der Waals surface area contributed by atoms with E-state index in [0.717, 1.165) is 54.1 Å². The van der Waals surface area contributed by atoms with Gasteiger partial charge in [0.2, 0.25) is 5.82 Å². The minimum absolute atomic E-state index is 0.139. The Morgan fingerprint density at radius 1 is 1.14 bits per heavy atom. The first-order chi connectivity index (χ1) is 17.7. The van der Waals surface area contributed by atoms with Gasteiger partial charge in [-0.15, -0.1) is 0 Å². The zero-order valence-electron chi connectivity index (χ0n) is 20.6. The van der Waals surface area contributed by atoms with Gasteiger partial charge >= 0.3 is 0 Å². The molecule has 0 spiro atoms. The fourth-order valence-electron chi connectivity index (χ4n) is 5.26. The predicted octanol–water partition coefficient (Wildman–Crippen LogP) is 5.29. The summed E-state index contributed by atoms with van der Waals surface area (Å²) in [4.78, 5) is 12.4. The molecule has 0 radical (unpaired) electrons. The number of benzene rings is 2. The lowest BCUT2D eigenvalue weighted by Gasteiger charge is -2.40. The molecule has 10 heteroatoms. The Kier molecular flexibility index (Phi) is 6.43. The van der Waals surface area contributed by atoms with Crippen molar-refractivity contribution < 1.29 is 23.1 Å². The Morgan fingerprint density at radius 2 is 1.89 bits per heavy atom. The number of fused-ring (bicyclic) bond motifs is 1. The van der Waals surface area contributed by atoms with E-state index in [4.69, 9.17) is 5.10 Å². The average molecular weight is 512 g/mol. The lowest BCUT2D eigenvalue weighted by atomic mass is 9.75. The van der Waals surface area contributed by atoms with E-state index in [1.165, 1.54) is 0 Å². The first-order valence-corrected chi connectivity index (χ1v) is 12.3. The van der Waals surface area contributed by atoms with Gasteiger partial charge in [0.1, 0.15) is 0 Å². The van der Waals surface area contributed by atoms with E-state index in [9.17, 15) is 23.1 Å². The predicted molar refractivity (Wildman–Crippen MR) is 132 cm³/mol. The Balaban J connectivity index is 1.26. The summed E-state index contributed by atoms with van der Waals surface area (Å²) in [6.07, 6.45) is 10.1. The maximum absolute atomic E-state index is 14.0. The number of carbonyl (C=O) groups excluding carboxylic acids is 1. The topological polar surface area (TPSA) is 85.0 Å². The fourth-order valence-corrected chi connectivity index (χ4v) is 5.26. The number of hydrogen-bond donors (Lipinski definition) is 2. The Morgan fingerprint density at radius 3 is 2.57 bits per heavy atom. The third-order valence-electron chi connectivity index (χ3n) is 7.66. The number of nitrogens with zero attached hydrogens (tertiary/aromatic N) is 4. The van der Waals surface area contributed by atoms with Crippen LogP contribution in [0.4, 0.5) is 13.2 Å². The number of carbonyl (C=O) groups is 1. The van der Waals surface area contributed by atoms with Crippen LogP contribution in [0.2, 0.25) is 0 Å². The van der Waals surface area contributed by atoms with Crippen LogP contribution in [-0.2, 0) is 12.6 Å². The van der Waals surface area contributed by atoms with Crippen LogP contribution in [0.15, 0.2) is 42.9 Å². The molecule has 0 atom stereocenters. The molecule has 2 heterocycles. The van der Waals surface area contributed by atoms with E-state index in [2.05, 4.69) is 46.4 Å². The van der Waals surface area contributed by atoms with Crippen molar-refractivity contribution in [3.05, 3.63) is 65.9 Å². The third kappa shape index (κ3) is 4.56. The van der Waals surface area contributed by atoms with Crippen LogP contribution >= 0.6 is 0 Å². The number of aromatic hydroxyl groups is 1. The van der Waals surface area contributed by atoms with Crippen LogP contribution < -0.4 is 5.32 Å². The van der Waals surface area contributed by atoms with Gasteiger partial charge in [-0.1, -0.05) is 19.1 Å². The van der Waals surface area contributed by atoms with Crippen LogP contribution in [0.5, 0.6) is 5.75 Å². The van der Waals surface area contributed by atoms with E-state index in [0.29, 0.717) is 6.07 Å². The fraction of sp³-hybridized carbons (Fsp3) is 0.370. The van der Waals surface area contributed by atoms with Crippen LogP contribution in [0.25, 0.3) is 22.0 Å². The van der Waals surface area contributed by atoms with Gasteiger partial charge in [0, 0.05) is 36.9 Å². The molecule has 0 unspecified atom stereocenters. The number of halogens is 3. The van der Waals surface area contributed by atoms with Crippen LogP contribution in [0.1, 0.15) is 49.4 Å². The van der Waals surface area contributed by atoms with Crippen molar-refractivity contribution in [3.8, 4) is 16.9 Å². The van der Waals surface area contributed by atoms with E-state index in [1.807, 2.05) is 19.4 Å². The summed E-state index contributed by atoms with van der Waals surface area (Å²) in [5, 5.41) is 22.0. The van der Waals surface area contributed by atoms with Crippen LogP contribution in [-0.4, -0.2) is 37.1 Å². The molecule has 4 aromatic rings. The Labute approximate surface area is 211 Å². The summed E-state index contributed by atoms with van der Waals surface area (Å²) in [6, 6.07) is 6.72. The molecule has 1 saturated carbocycles. The van der Waals surface area contributed by atoms with E-state index < -0.39 is 34.7 Å². The number of amides is 1. The SMILES string of the molecule is CCC1(n2cc3ccc(-c4cnn(C)c4)cc3n2)CCC(CNC(=O)c2cc(F)c(O)c(F)c2F)CC1. The largest absolute Gasteiger partial charge is 0.503 e. The summed E-state index contributed by atoms with van der Waals surface area (Å²) < 4.78 is 45.1. The number of hydrogen-bond acceptors (Lipinski definition) is 4. The lowest BCUT2D eigenvalue weighted by Crippen LogP contribution is -2.40. The quantitative estimate of drug-likeness (QED) is 0.345. The Hall–Kier alpha value is -3.82. The number of phenolic OH excluding ortho intramolecular Hbond substituents is 1. The zero-order chi connectivity index (χ0) is 26.3. The molecule has 1 aliphatic carbocycles. The molecule has 0 saturated heterocycles. The normalized spacial score (nSPS) is 19.9. The lowest BCUT2D eigenvalue weighted by molar-refractivity contribution is 0.0918. The average Bonchev–Trinajstić information content (AvgIpc) is 3.54. The summed E-state index contributed by atoms with van der Waals surface area (Å²) in [5.41, 5.74) is 2.09. The molecule has 194 valence electrons. The third-order valence-corrected chi connectivity index (χ3v) is 7.66. The smallest absolute Gasteiger partial charge is 0.254 e. The van der Waals surface area contributed by atoms with Crippen molar-refractivity contribution in [3.63, 3.8) is 0 Å². The summed E-state index contributed by atoms with van der Waals surface area (Å²) in [5.74, 6) is -6.92. The van der Waals surface area contributed by atoms with Crippen LogP contribution in [0.3, 0.4) is 0 Å². The second-order valence-electron chi connectivity index (χ2n) is 9.86. The number of aromatic nitrogens is 4. The van der Waals surface area contributed by atoms with Crippen molar-refractivity contribution in [2.24, 2.45) is 13.0 Å². The first-order valence-electron chi connectivity index (χ1n) is 12.3. The highest BCUT2D eigenvalue weighted by Crippen LogP contribution is 2.40. The summed E-state index contributed by atoms with van der Waals surface area (Å²) >= 11 is 0. The van der Waals surface area contributed by atoms with Crippen molar-refractivity contribution in [1.29, 1.82) is 0 Å². The van der Waals surface area contributed by atoms with Crippen molar-refractivity contribution in [2.45, 2.75) is 44.6 Å². The molecule has 2 N–H and O–H groups in total. The monoisotopic (exact) mass is 511 g/mol. The maximum Gasteiger partial charge on any atom is 0.254 e. The van der Waals surface area contributed by atoms with E-state index in [1.54, 1.807) is 4.68 Å². The zero-order valence-corrected chi connectivity index (χ0v) is 20.6. The first kappa shape index (κ1) is 24.9. The minimum Gasteiger partial charge on any atom is -0.503 e. The van der Waals surface area contributed by atoms with Gasteiger partial charge in [-0.3, -0.25) is 14.2 Å². The van der Waals surface area contributed by atoms with Gasteiger partial charge in [-0.05, 0) is 55.7 Å². The molecule has 0 aliphatic heterocycles. The highest BCUT2D eigenvalue weighted by Gasteiger charge is 2.36. The van der Waals surface area contributed by atoms with Crippen molar-refractivity contribution in [2.75, 3.05) is 6.54 Å². The molecular formula is C27H28F3N5O2. The van der Waals surface area contributed by atoms with Gasteiger partial charge in [0.25, 0.3) is 5.91 Å². The number of phenols is 1. The minimum atomic E-state index is -1.77. The van der Waals surface area contributed by atoms with E-state index >= 15 is 0 Å². The highest BCUT2D eigenvalue weighted by atomic mass is 19.2. The number of nitrogens with one attached hydrogen (secondary N) is 1. The molecule has 5 rings (SSSR count). The molecule has 2 aromatic heterocycles. The molecule has 1 aliphatic rings. The van der Waals surface area contributed by atoms with Crippen LogP contribution in [0, 0.1) is 23.4 Å².